The second-order valence-electron chi connectivity index (χ2n) is 6.65. The van der Waals surface area contributed by atoms with Crippen molar-refractivity contribution < 1.29 is 4.74 Å². The number of hydrogen-bond acceptors (Lipinski definition) is 4. The van der Waals surface area contributed by atoms with Gasteiger partial charge in [-0.05, 0) is 42.0 Å². The number of nitrogens with zero attached hydrogens (tertiary/aromatic N) is 4. The van der Waals surface area contributed by atoms with Crippen molar-refractivity contribution in [2.45, 2.75) is 6.54 Å². The van der Waals surface area contributed by atoms with Crippen molar-refractivity contribution in [3.05, 3.63) is 83.4 Å². The lowest BCUT2D eigenvalue weighted by atomic mass is 10.2. The fourth-order valence-corrected chi connectivity index (χ4v) is 3.82. The Hall–Kier alpha value is -2.55. The van der Waals surface area contributed by atoms with Crippen LogP contribution in [-0.4, -0.2) is 18.7 Å². The molecule has 2 aromatic carbocycles. The van der Waals surface area contributed by atoms with E-state index in [1.165, 1.54) is 9.13 Å². The molecule has 0 aliphatic heterocycles. The van der Waals surface area contributed by atoms with Gasteiger partial charge in [0.1, 0.15) is 5.75 Å². The van der Waals surface area contributed by atoms with Gasteiger partial charge in [0.15, 0.2) is 11.2 Å². The zero-order valence-corrected chi connectivity index (χ0v) is 19.0. The summed E-state index contributed by atoms with van der Waals surface area (Å²) in [5.41, 5.74) is 0.0899. The van der Waals surface area contributed by atoms with Crippen LogP contribution in [0.15, 0.2) is 56.5 Å². The molecular weight excluding hydrogens is 495 g/mol. The van der Waals surface area contributed by atoms with Crippen LogP contribution < -0.4 is 16.0 Å². The molecule has 10 heteroatoms. The first kappa shape index (κ1) is 20.7. The van der Waals surface area contributed by atoms with Crippen LogP contribution in [0.2, 0.25) is 10.0 Å². The molecule has 2 aromatic heterocycles. The van der Waals surface area contributed by atoms with Gasteiger partial charge in [-0.1, -0.05) is 45.2 Å². The Balaban J connectivity index is 1.84. The van der Waals surface area contributed by atoms with Gasteiger partial charge in [0, 0.05) is 28.6 Å². The molecule has 7 nitrogen and oxygen atoms in total. The van der Waals surface area contributed by atoms with E-state index in [1.54, 1.807) is 44.4 Å². The molecule has 2 heterocycles. The molecule has 0 saturated heterocycles. The predicted molar refractivity (Wildman–Crippen MR) is 120 cm³/mol. The highest BCUT2D eigenvalue weighted by Crippen LogP contribution is 2.25. The molecule has 0 atom stereocenters. The Morgan fingerprint density at radius 2 is 1.73 bits per heavy atom. The SMILES string of the molecule is Cn1c(Oc2ccc(Br)cc2)nc2c1c(=O)n(Cc1ccc(Cl)cc1Cl)c(=O)n2C. The maximum atomic E-state index is 13.2. The Kier molecular flexibility index (Phi) is 5.48. The third kappa shape index (κ3) is 3.66. The second kappa shape index (κ2) is 7.94. The van der Waals surface area contributed by atoms with Crippen molar-refractivity contribution >= 4 is 50.3 Å². The van der Waals surface area contributed by atoms with Crippen LogP contribution in [0.3, 0.4) is 0 Å². The normalized spacial score (nSPS) is 11.2. The third-order valence-corrected chi connectivity index (χ3v) is 5.80. The van der Waals surface area contributed by atoms with Crippen LogP contribution in [0.25, 0.3) is 11.2 Å². The Bertz CT molecular complexity index is 1390. The summed E-state index contributed by atoms with van der Waals surface area (Å²) in [4.78, 5) is 30.4. The van der Waals surface area contributed by atoms with Crippen LogP contribution in [-0.2, 0) is 20.6 Å². The van der Waals surface area contributed by atoms with E-state index in [-0.39, 0.29) is 23.7 Å². The average molecular weight is 510 g/mol. The van der Waals surface area contributed by atoms with E-state index in [4.69, 9.17) is 27.9 Å². The number of hydrogen-bond donors (Lipinski definition) is 0. The number of halogens is 3. The minimum atomic E-state index is -0.508. The van der Waals surface area contributed by atoms with E-state index in [1.807, 2.05) is 12.1 Å². The van der Waals surface area contributed by atoms with E-state index in [9.17, 15) is 9.59 Å². The van der Waals surface area contributed by atoms with Gasteiger partial charge in [0.05, 0.1) is 6.54 Å². The number of ether oxygens (including phenoxy) is 1. The summed E-state index contributed by atoms with van der Waals surface area (Å²) in [6.07, 6.45) is 0. The molecule has 0 N–H and O–H groups in total. The molecule has 0 aliphatic carbocycles. The number of rotatable bonds is 4. The average Bonchev–Trinajstić information content (AvgIpc) is 3.03. The molecule has 0 radical (unpaired) electrons. The monoisotopic (exact) mass is 508 g/mol. The standard InChI is InChI=1S/C20H15BrCl2N4O3/c1-25-16-17(24-19(25)30-14-7-4-12(21)5-8-14)26(2)20(29)27(18(16)28)10-11-3-6-13(22)9-15(11)23/h3-9H,10H2,1-2H3. The molecule has 30 heavy (non-hydrogen) atoms. The van der Waals surface area contributed by atoms with E-state index in [0.29, 0.717) is 21.4 Å². The topological polar surface area (TPSA) is 71.1 Å². The van der Waals surface area contributed by atoms with Crippen LogP contribution in [0.1, 0.15) is 5.56 Å². The van der Waals surface area contributed by atoms with Crippen LogP contribution in [0, 0.1) is 0 Å². The minimum absolute atomic E-state index is 0.00549. The lowest BCUT2D eigenvalue weighted by Gasteiger charge is -2.10. The van der Waals surface area contributed by atoms with Crippen molar-refractivity contribution in [1.82, 2.24) is 18.7 Å². The van der Waals surface area contributed by atoms with Crippen LogP contribution in [0.5, 0.6) is 11.8 Å². The second-order valence-corrected chi connectivity index (χ2v) is 8.41. The minimum Gasteiger partial charge on any atom is -0.425 e. The summed E-state index contributed by atoms with van der Waals surface area (Å²) in [6.45, 7) is 0.00549. The van der Waals surface area contributed by atoms with Crippen molar-refractivity contribution in [3.63, 3.8) is 0 Å². The molecule has 4 aromatic rings. The fourth-order valence-electron chi connectivity index (χ4n) is 3.08. The first-order valence-electron chi connectivity index (χ1n) is 8.80. The maximum absolute atomic E-state index is 13.2. The Labute approximate surface area is 189 Å². The van der Waals surface area contributed by atoms with Crippen molar-refractivity contribution in [1.29, 1.82) is 0 Å². The molecule has 0 saturated carbocycles. The molecule has 154 valence electrons. The largest absolute Gasteiger partial charge is 0.425 e. The number of fused-ring (bicyclic) bond motifs is 1. The highest BCUT2D eigenvalue weighted by atomic mass is 79.9. The van der Waals surface area contributed by atoms with Gasteiger partial charge in [0.2, 0.25) is 0 Å². The Morgan fingerprint density at radius 1 is 1.03 bits per heavy atom. The van der Waals surface area contributed by atoms with E-state index < -0.39 is 11.2 Å². The molecule has 0 unspecified atom stereocenters. The Morgan fingerprint density at radius 3 is 2.40 bits per heavy atom. The predicted octanol–water partition coefficient (Wildman–Crippen LogP) is 4.34. The van der Waals surface area contributed by atoms with Gasteiger partial charge >= 0.3 is 11.7 Å². The lowest BCUT2D eigenvalue weighted by Crippen LogP contribution is -2.39. The van der Waals surface area contributed by atoms with Crippen molar-refractivity contribution in [3.8, 4) is 11.8 Å². The van der Waals surface area contributed by atoms with Crippen molar-refractivity contribution in [2.75, 3.05) is 0 Å². The zero-order chi connectivity index (χ0) is 21.6. The maximum Gasteiger partial charge on any atom is 0.332 e. The van der Waals surface area contributed by atoms with Gasteiger partial charge in [-0.2, -0.15) is 4.98 Å². The summed E-state index contributed by atoms with van der Waals surface area (Å²) < 4.78 is 10.7. The van der Waals surface area contributed by atoms with Gasteiger partial charge in [-0.25, -0.2) is 4.79 Å². The van der Waals surface area contributed by atoms with E-state index in [2.05, 4.69) is 20.9 Å². The third-order valence-electron chi connectivity index (χ3n) is 4.69. The van der Waals surface area contributed by atoms with Crippen LogP contribution >= 0.6 is 39.1 Å². The van der Waals surface area contributed by atoms with Gasteiger partial charge in [-0.15, -0.1) is 0 Å². The first-order valence-corrected chi connectivity index (χ1v) is 10.3. The molecule has 0 amide bonds. The highest BCUT2D eigenvalue weighted by molar-refractivity contribution is 9.10. The number of aromatic nitrogens is 4. The van der Waals surface area contributed by atoms with Crippen molar-refractivity contribution in [2.24, 2.45) is 14.1 Å². The molecule has 0 spiro atoms. The number of benzene rings is 2. The van der Waals surface area contributed by atoms with Crippen LogP contribution in [0.4, 0.5) is 0 Å². The summed E-state index contributed by atoms with van der Waals surface area (Å²) in [5.74, 6) is 0.551. The summed E-state index contributed by atoms with van der Waals surface area (Å²) in [7, 11) is 3.22. The molecule has 4 rings (SSSR count). The summed E-state index contributed by atoms with van der Waals surface area (Å²) in [6, 6.07) is 12.3. The smallest absolute Gasteiger partial charge is 0.332 e. The van der Waals surface area contributed by atoms with Gasteiger partial charge < -0.3 is 4.74 Å². The molecule has 0 aliphatic rings. The fraction of sp³-hybridized carbons (Fsp3) is 0.150. The quantitative estimate of drug-likeness (QED) is 0.410. The lowest BCUT2D eigenvalue weighted by molar-refractivity contribution is 0.427. The first-order chi connectivity index (χ1) is 14.3. The number of aryl methyl sites for hydroxylation is 2. The highest BCUT2D eigenvalue weighted by Gasteiger charge is 2.20. The molecule has 0 fully saturated rings. The molecular formula is C20H15BrCl2N4O3. The van der Waals surface area contributed by atoms with E-state index >= 15 is 0 Å². The zero-order valence-electron chi connectivity index (χ0n) is 15.9. The van der Waals surface area contributed by atoms with E-state index in [0.717, 1.165) is 9.04 Å². The van der Waals surface area contributed by atoms with Gasteiger partial charge in [-0.3, -0.25) is 18.5 Å². The molecule has 0 bridgehead atoms. The van der Waals surface area contributed by atoms with Gasteiger partial charge in [0.25, 0.3) is 5.56 Å². The summed E-state index contributed by atoms with van der Waals surface area (Å²) >= 11 is 15.5. The summed E-state index contributed by atoms with van der Waals surface area (Å²) in [5, 5.41) is 0.849. The number of imidazole rings is 1.